The first-order valence-corrected chi connectivity index (χ1v) is 5.96. The predicted molar refractivity (Wildman–Crippen MR) is 64.0 cm³/mol. The second kappa shape index (κ2) is 9.93. The van der Waals surface area contributed by atoms with Gasteiger partial charge in [0, 0.05) is 39.6 Å². The number of hydrogen-bond acceptors (Lipinski definition) is 3. The third kappa shape index (κ3) is 8.39. The fourth-order valence-corrected chi connectivity index (χ4v) is 1.50. The van der Waals surface area contributed by atoms with Crippen molar-refractivity contribution in [2.45, 2.75) is 27.2 Å². The Labute approximate surface area is 93.4 Å². The maximum atomic E-state index is 10.6. The molecule has 2 N–H and O–H groups in total. The first-order valence-electron chi connectivity index (χ1n) is 5.96. The van der Waals surface area contributed by atoms with Gasteiger partial charge in [0.1, 0.15) is 0 Å². The molecule has 1 rings (SSSR count). The Kier molecular flexibility index (Phi) is 9.52. The molecule has 1 aliphatic heterocycles. The van der Waals surface area contributed by atoms with E-state index in [1.54, 1.807) is 6.92 Å². The van der Waals surface area contributed by atoms with E-state index in [4.69, 9.17) is 0 Å². The standard InChI is InChI=1S/C9H19N3O.C2H6/c1-9(13)11-3-2-6-12-7-4-10-5-8-12;1-2/h10H,2-8H2,1H3,(H,11,13);1-2H3. The molecule has 90 valence electrons. The first kappa shape index (κ1) is 14.4. The van der Waals surface area contributed by atoms with Crippen LogP contribution in [0, 0.1) is 0 Å². The normalized spacial score (nSPS) is 16.5. The van der Waals surface area contributed by atoms with Gasteiger partial charge in [0.2, 0.25) is 5.91 Å². The van der Waals surface area contributed by atoms with E-state index in [-0.39, 0.29) is 5.91 Å². The van der Waals surface area contributed by atoms with E-state index in [1.807, 2.05) is 13.8 Å². The zero-order valence-electron chi connectivity index (χ0n) is 10.3. The third-order valence-electron chi connectivity index (χ3n) is 2.23. The quantitative estimate of drug-likeness (QED) is 0.669. The molecule has 15 heavy (non-hydrogen) atoms. The Hall–Kier alpha value is -0.610. The van der Waals surface area contributed by atoms with Gasteiger partial charge in [0.25, 0.3) is 0 Å². The third-order valence-corrected chi connectivity index (χ3v) is 2.23. The van der Waals surface area contributed by atoms with Crippen molar-refractivity contribution in [3.8, 4) is 0 Å². The van der Waals surface area contributed by atoms with Crippen molar-refractivity contribution in [2.24, 2.45) is 0 Å². The fourth-order valence-electron chi connectivity index (χ4n) is 1.50. The van der Waals surface area contributed by atoms with Crippen molar-refractivity contribution < 1.29 is 4.79 Å². The summed E-state index contributed by atoms with van der Waals surface area (Å²) in [4.78, 5) is 13.0. The number of amides is 1. The number of carbonyl (C=O) groups is 1. The van der Waals surface area contributed by atoms with Gasteiger partial charge < -0.3 is 15.5 Å². The van der Waals surface area contributed by atoms with Crippen LogP contribution in [0.1, 0.15) is 27.2 Å². The van der Waals surface area contributed by atoms with Crippen molar-refractivity contribution in [1.82, 2.24) is 15.5 Å². The van der Waals surface area contributed by atoms with Crippen molar-refractivity contribution in [3.63, 3.8) is 0 Å². The lowest BCUT2D eigenvalue weighted by Gasteiger charge is -2.26. The van der Waals surface area contributed by atoms with Gasteiger partial charge in [-0.2, -0.15) is 0 Å². The van der Waals surface area contributed by atoms with Crippen molar-refractivity contribution >= 4 is 5.91 Å². The Balaban J connectivity index is 0.000000921. The molecule has 0 aromatic carbocycles. The summed E-state index contributed by atoms with van der Waals surface area (Å²) in [7, 11) is 0. The van der Waals surface area contributed by atoms with E-state index in [0.29, 0.717) is 0 Å². The molecule has 1 fully saturated rings. The molecule has 0 aromatic heterocycles. The average molecular weight is 215 g/mol. The molecule has 0 atom stereocenters. The van der Waals surface area contributed by atoms with Crippen LogP contribution in [0.5, 0.6) is 0 Å². The number of nitrogens with zero attached hydrogens (tertiary/aromatic N) is 1. The molecule has 1 aliphatic rings. The minimum atomic E-state index is 0.0697. The summed E-state index contributed by atoms with van der Waals surface area (Å²) < 4.78 is 0. The summed E-state index contributed by atoms with van der Waals surface area (Å²) in [6.07, 6.45) is 1.06. The lowest BCUT2D eigenvalue weighted by molar-refractivity contribution is -0.118. The van der Waals surface area contributed by atoms with Crippen molar-refractivity contribution in [3.05, 3.63) is 0 Å². The summed E-state index contributed by atoms with van der Waals surface area (Å²) in [6, 6.07) is 0. The van der Waals surface area contributed by atoms with E-state index < -0.39 is 0 Å². The second-order valence-electron chi connectivity index (χ2n) is 3.43. The van der Waals surface area contributed by atoms with Crippen LogP contribution < -0.4 is 10.6 Å². The highest BCUT2D eigenvalue weighted by Crippen LogP contribution is 1.93. The van der Waals surface area contributed by atoms with Gasteiger partial charge in [-0.3, -0.25) is 4.79 Å². The Morgan fingerprint density at radius 2 is 1.93 bits per heavy atom. The number of hydrogen-bond donors (Lipinski definition) is 2. The topological polar surface area (TPSA) is 44.4 Å². The second-order valence-corrected chi connectivity index (χ2v) is 3.43. The van der Waals surface area contributed by atoms with Crippen LogP contribution in [0.3, 0.4) is 0 Å². The van der Waals surface area contributed by atoms with E-state index in [1.165, 1.54) is 0 Å². The van der Waals surface area contributed by atoms with Crippen LogP contribution in [0.25, 0.3) is 0 Å². The van der Waals surface area contributed by atoms with Crippen LogP contribution in [-0.4, -0.2) is 50.1 Å². The highest BCUT2D eigenvalue weighted by Gasteiger charge is 2.07. The molecule has 0 saturated carbocycles. The predicted octanol–water partition coefficient (Wildman–Crippen LogP) is 0.444. The molecule has 0 spiro atoms. The Morgan fingerprint density at radius 3 is 2.47 bits per heavy atom. The number of piperazine rings is 1. The summed E-state index contributed by atoms with van der Waals surface area (Å²) >= 11 is 0. The minimum Gasteiger partial charge on any atom is -0.356 e. The zero-order valence-corrected chi connectivity index (χ0v) is 10.3. The van der Waals surface area contributed by atoms with Gasteiger partial charge >= 0.3 is 0 Å². The molecule has 4 heteroatoms. The van der Waals surface area contributed by atoms with Crippen LogP contribution >= 0.6 is 0 Å². The van der Waals surface area contributed by atoms with Gasteiger partial charge in [-0.25, -0.2) is 0 Å². The van der Waals surface area contributed by atoms with Crippen molar-refractivity contribution in [2.75, 3.05) is 39.3 Å². The lowest BCUT2D eigenvalue weighted by Crippen LogP contribution is -2.44. The monoisotopic (exact) mass is 215 g/mol. The highest BCUT2D eigenvalue weighted by molar-refractivity contribution is 5.72. The Bertz CT molecular complexity index is 156. The van der Waals surface area contributed by atoms with Gasteiger partial charge in [0.15, 0.2) is 0 Å². The van der Waals surface area contributed by atoms with Gasteiger partial charge in [-0.1, -0.05) is 13.8 Å². The van der Waals surface area contributed by atoms with E-state index >= 15 is 0 Å². The molecule has 0 radical (unpaired) electrons. The molecule has 1 amide bonds. The smallest absolute Gasteiger partial charge is 0.216 e. The molecule has 1 saturated heterocycles. The number of rotatable bonds is 4. The molecular weight excluding hydrogens is 190 g/mol. The fraction of sp³-hybridized carbons (Fsp3) is 0.909. The maximum absolute atomic E-state index is 10.6. The van der Waals surface area contributed by atoms with Crippen LogP contribution in [0.4, 0.5) is 0 Å². The first-order chi connectivity index (χ1) is 7.29. The van der Waals surface area contributed by atoms with Gasteiger partial charge in [-0.15, -0.1) is 0 Å². The largest absolute Gasteiger partial charge is 0.356 e. The average Bonchev–Trinajstić information content (AvgIpc) is 2.28. The summed E-state index contributed by atoms with van der Waals surface area (Å²) in [5.74, 6) is 0.0697. The van der Waals surface area contributed by atoms with E-state index in [2.05, 4.69) is 15.5 Å². The lowest BCUT2D eigenvalue weighted by atomic mass is 10.3. The molecule has 0 aromatic rings. The van der Waals surface area contributed by atoms with Gasteiger partial charge in [-0.05, 0) is 13.0 Å². The number of nitrogens with one attached hydrogen (secondary N) is 2. The maximum Gasteiger partial charge on any atom is 0.216 e. The SMILES string of the molecule is CC.CC(=O)NCCCN1CCNCC1. The van der Waals surface area contributed by atoms with Crippen LogP contribution in [-0.2, 0) is 4.79 Å². The molecule has 0 unspecified atom stereocenters. The Morgan fingerprint density at radius 1 is 1.33 bits per heavy atom. The van der Waals surface area contributed by atoms with Crippen molar-refractivity contribution in [1.29, 1.82) is 0 Å². The molecule has 4 nitrogen and oxygen atoms in total. The van der Waals surface area contributed by atoms with Gasteiger partial charge in [0.05, 0.1) is 0 Å². The number of carbonyl (C=O) groups excluding carboxylic acids is 1. The van der Waals surface area contributed by atoms with Crippen LogP contribution in [0.2, 0.25) is 0 Å². The molecule has 1 heterocycles. The molecule has 0 aliphatic carbocycles. The minimum absolute atomic E-state index is 0.0697. The summed E-state index contributed by atoms with van der Waals surface area (Å²) in [5.41, 5.74) is 0. The van der Waals surface area contributed by atoms with E-state index in [0.717, 1.165) is 45.7 Å². The zero-order chi connectivity index (χ0) is 11.5. The summed E-state index contributed by atoms with van der Waals surface area (Å²) in [6.45, 7) is 11.9. The highest BCUT2D eigenvalue weighted by atomic mass is 16.1. The molecule has 0 bridgehead atoms. The molecular formula is C11H25N3O. The van der Waals surface area contributed by atoms with Crippen LogP contribution in [0.15, 0.2) is 0 Å². The van der Waals surface area contributed by atoms with E-state index in [9.17, 15) is 4.79 Å². The summed E-state index contributed by atoms with van der Waals surface area (Å²) in [5, 5.41) is 6.12.